The molecule has 0 saturated carbocycles. The van der Waals surface area contributed by atoms with Crippen LogP contribution >= 0.6 is 11.3 Å². The normalized spacial score (nSPS) is 17.6. The Morgan fingerprint density at radius 1 is 1.31 bits per heavy atom. The Hall–Kier alpha value is -2.98. The molecule has 8 nitrogen and oxygen atoms in total. The van der Waals surface area contributed by atoms with Crippen molar-refractivity contribution in [3.05, 3.63) is 63.7 Å². The van der Waals surface area contributed by atoms with Gasteiger partial charge in [-0.1, -0.05) is 12.1 Å². The summed E-state index contributed by atoms with van der Waals surface area (Å²) in [6.07, 6.45) is 3.64. The number of sulfone groups is 1. The lowest BCUT2D eigenvalue weighted by molar-refractivity contribution is -0.111. The molecule has 1 fully saturated rings. The summed E-state index contributed by atoms with van der Waals surface area (Å²) in [4.78, 5) is 16.8. The Bertz CT molecular complexity index is 1240. The predicted octanol–water partition coefficient (Wildman–Crippen LogP) is 3.55. The zero-order valence-electron chi connectivity index (χ0n) is 17.8. The van der Waals surface area contributed by atoms with Gasteiger partial charge < -0.3 is 10.1 Å². The molecule has 0 unspecified atom stereocenters. The van der Waals surface area contributed by atoms with Crippen molar-refractivity contribution in [2.75, 3.05) is 16.8 Å². The van der Waals surface area contributed by atoms with Gasteiger partial charge in [-0.05, 0) is 44.0 Å². The van der Waals surface area contributed by atoms with Crippen LogP contribution < -0.4 is 10.1 Å². The van der Waals surface area contributed by atoms with E-state index in [1.54, 1.807) is 28.2 Å². The standard InChI is InChI=1S/C22H24N4O4S2/c1-15-11-21(26(25-15)19-9-10-32(28,29)14-19)24-22(27)8-5-17-3-6-20(7-4-17)30-12-18-13-31-16(2)23-18/h3-8,11,13,19H,9-10,12,14H2,1-2H3,(H,24,27)/b8-5+/t19-/m1/s1. The molecule has 3 heterocycles. The van der Waals surface area contributed by atoms with Crippen LogP contribution in [-0.4, -0.2) is 40.6 Å². The van der Waals surface area contributed by atoms with Gasteiger partial charge in [0.15, 0.2) is 9.84 Å². The summed E-state index contributed by atoms with van der Waals surface area (Å²) in [6.45, 7) is 4.18. The third kappa shape index (κ3) is 5.63. The number of hydrogen-bond acceptors (Lipinski definition) is 7. The molecule has 0 bridgehead atoms. The monoisotopic (exact) mass is 472 g/mol. The number of nitrogens with one attached hydrogen (secondary N) is 1. The molecule has 0 spiro atoms. The molecule has 1 amide bonds. The van der Waals surface area contributed by atoms with Crippen LogP contribution in [-0.2, 0) is 21.2 Å². The first-order valence-electron chi connectivity index (χ1n) is 10.2. The summed E-state index contributed by atoms with van der Waals surface area (Å²) in [5.74, 6) is 1.10. The third-order valence-electron chi connectivity index (χ3n) is 5.02. The van der Waals surface area contributed by atoms with E-state index < -0.39 is 9.84 Å². The molecule has 32 heavy (non-hydrogen) atoms. The van der Waals surface area contributed by atoms with Gasteiger partial charge in [0.2, 0.25) is 5.91 Å². The van der Waals surface area contributed by atoms with Gasteiger partial charge in [-0.15, -0.1) is 11.3 Å². The Kier molecular flexibility index (Phi) is 6.43. The highest BCUT2D eigenvalue weighted by molar-refractivity contribution is 7.91. The molecule has 3 aromatic rings. The summed E-state index contributed by atoms with van der Waals surface area (Å²) >= 11 is 1.59. The third-order valence-corrected chi connectivity index (χ3v) is 7.60. The van der Waals surface area contributed by atoms with Crippen molar-refractivity contribution in [3.63, 3.8) is 0 Å². The average Bonchev–Trinajstić information content (AvgIpc) is 3.43. The van der Waals surface area contributed by atoms with E-state index >= 15 is 0 Å². The molecule has 1 N–H and O–H groups in total. The number of aryl methyl sites for hydroxylation is 2. The number of amides is 1. The van der Waals surface area contributed by atoms with Crippen LogP contribution in [0.1, 0.15) is 34.4 Å². The second-order valence-corrected chi connectivity index (χ2v) is 11.0. The lowest BCUT2D eigenvalue weighted by Gasteiger charge is -2.13. The van der Waals surface area contributed by atoms with Crippen LogP contribution in [0.15, 0.2) is 41.8 Å². The SMILES string of the molecule is Cc1cc(NC(=O)/C=C/c2ccc(OCc3csc(C)n3)cc2)n([C@@H]2CCS(=O)(=O)C2)n1. The van der Waals surface area contributed by atoms with Crippen molar-refractivity contribution < 1.29 is 17.9 Å². The quantitative estimate of drug-likeness (QED) is 0.528. The van der Waals surface area contributed by atoms with E-state index in [0.29, 0.717) is 18.8 Å². The maximum atomic E-state index is 12.4. The second-order valence-electron chi connectivity index (χ2n) is 7.71. The maximum Gasteiger partial charge on any atom is 0.249 e. The summed E-state index contributed by atoms with van der Waals surface area (Å²) in [5, 5.41) is 10.2. The molecule has 4 rings (SSSR count). The number of aromatic nitrogens is 3. The molecular weight excluding hydrogens is 448 g/mol. The molecule has 2 aromatic heterocycles. The van der Waals surface area contributed by atoms with E-state index in [1.165, 1.54) is 6.08 Å². The van der Waals surface area contributed by atoms with Crippen molar-refractivity contribution in [3.8, 4) is 5.75 Å². The molecule has 0 aliphatic carbocycles. The largest absolute Gasteiger partial charge is 0.487 e. The number of thiazole rings is 1. The van der Waals surface area contributed by atoms with Crippen LogP contribution in [0.4, 0.5) is 5.82 Å². The fraction of sp³-hybridized carbons (Fsp3) is 0.318. The molecule has 1 aromatic carbocycles. The lowest BCUT2D eigenvalue weighted by Crippen LogP contribution is -2.18. The molecule has 1 atom stereocenters. The number of ether oxygens (including phenoxy) is 1. The highest BCUT2D eigenvalue weighted by Crippen LogP contribution is 2.27. The van der Waals surface area contributed by atoms with Gasteiger partial charge in [0.25, 0.3) is 0 Å². The first-order valence-corrected chi connectivity index (χ1v) is 12.9. The van der Waals surface area contributed by atoms with Gasteiger partial charge in [-0.2, -0.15) is 5.10 Å². The van der Waals surface area contributed by atoms with Crippen molar-refractivity contribution in [1.82, 2.24) is 14.8 Å². The van der Waals surface area contributed by atoms with Crippen molar-refractivity contribution >= 4 is 39.0 Å². The molecule has 1 saturated heterocycles. The van der Waals surface area contributed by atoms with Crippen LogP contribution in [0.25, 0.3) is 6.08 Å². The molecule has 1 aliphatic rings. The lowest BCUT2D eigenvalue weighted by atomic mass is 10.2. The number of benzene rings is 1. The summed E-state index contributed by atoms with van der Waals surface area (Å²) in [5.41, 5.74) is 2.47. The van der Waals surface area contributed by atoms with E-state index in [-0.39, 0.29) is 23.5 Å². The van der Waals surface area contributed by atoms with Crippen molar-refractivity contribution in [2.45, 2.75) is 32.9 Å². The predicted molar refractivity (Wildman–Crippen MR) is 125 cm³/mol. The van der Waals surface area contributed by atoms with Gasteiger partial charge >= 0.3 is 0 Å². The summed E-state index contributed by atoms with van der Waals surface area (Å²) in [7, 11) is -3.05. The Labute approximate surface area is 190 Å². The Balaban J connectivity index is 1.35. The number of hydrogen-bond donors (Lipinski definition) is 1. The van der Waals surface area contributed by atoms with Gasteiger partial charge in [0.1, 0.15) is 18.2 Å². The fourth-order valence-electron chi connectivity index (χ4n) is 3.50. The van der Waals surface area contributed by atoms with E-state index in [0.717, 1.165) is 27.7 Å². The smallest absolute Gasteiger partial charge is 0.249 e. The Morgan fingerprint density at radius 3 is 2.75 bits per heavy atom. The highest BCUT2D eigenvalue weighted by atomic mass is 32.2. The van der Waals surface area contributed by atoms with E-state index in [2.05, 4.69) is 15.4 Å². The van der Waals surface area contributed by atoms with Crippen LogP contribution in [0.3, 0.4) is 0 Å². The summed E-state index contributed by atoms with van der Waals surface area (Å²) < 4.78 is 30.9. The van der Waals surface area contributed by atoms with E-state index in [1.807, 2.05) is 43.5 Å². The number of anilines is 1. The van der Waals surface area contributed by atoms with Gasteiger partial charge in [-0.3, -0.25) is 4.79 Å². The van der Waals surface area contributed by atoms with Crippen molar-refractivity contribution in [1.29, 1.82) is 0 Å². The molecule has 1 aliphatic heterocycles. The maximum absolute atomic E-state index is 12.4. The second kappa shape index (κ2) is 9.25. The zero-order valence-corrected chi connectivity index (χ0v) is 19.4. The number of carbonyl (C=O) groups excluding carboxylic acids is 1. The van der Waals surface area contributed by atoms with Gasteiger partial charge in [0, 0.05) is 17.5 Å². The molecule has 168 valence electrons. The molecule has 0 radical (unpaired) electrons. The number of carbonyl (C=O) groups is 1. The van der Waals surface area contributed by atoms with Crippen LogP contribution in [0, 0.1) is 13.8 Å². The van der Waals surface area contributed by atoms with Gasteiger partial charge in [0.05, 0.1) is 33.9 Å². The minimum absolute atomic E-state index is 0.0450. The number of nitrogens with zero attached hydrogens (tertiary/aromatic N) is 3. The average molecular weight is 473 g/mol. The molecular formula is C22H24N4O4S2. The molecule has 10 heteroatoms. The first-order chi connectivity index (χ1) is 15.3. The minimum Gasteiger partial charge on any atom is -0.487 e. The van der Waals surface area contributed by atoms with Crippen molar-refractivity contribution in [2.24, 2.45) is 0 Å². The minimum atomic E-state index is -3.05. The first kappa shape index (κ1) is 22.2. The number of rotatable bonds is 7. The van der Waals surface area contributed by atoms with Gasteiger partial charge in [-0.25, -0.2) is 18.1 Å². The topological polar surface area (TPSA) is 103 Å². The van der Waals surface area contributed by atoms with Crippen LogP contribution in [0.2, 0.25) is 0 Å². The zero-order chi connectivity index (χ0) is 22.7. The fourth-order valence-corrected chi connectivity index (χ4v) is 5.79. The Morgan fingerprint density at radius 2 is 2.09 bits per heavy atom. The van der Waals surface area contributed by atoms with E-state index in [4.69, 9.17) is 4.74 Å². The van der Waals surface area contributed by atoms with Crippen LogP contribution in [0.5, 0.6) is 5.75 Å². The summed E-state index contributed by atoms with van der Waals surface area (Å²) in [6, 6.07) is 8.90. The highest BCUT2D eigenvalue weighted by Gasteiger charge is 2.31. The van der Waals surface area contributed by atoms with E-state index in [9.17, 15) is 13.2 Å².